The van der Waals surface area contributed by atoms with Gasteiger partial charge in [0.05, 0.1) is 35.2 Å². The molecule has 3 heterocycles. The van der Waals surface area contributed by atoms with Gasteiger partial charge in [-0.1, -0.05) is 48.5 Å². The summed E-state index contributed by atoms with van der Waals surface area (Å²) in [6.07, 6.45) is 1.08. The van der Waals surface area contributed by atoms with Crippen LogP contribution in [-0.4, -0.2) is 75.1 Å². The molecule has 0 radical (unpaired) electrons. The third-order valence-electron chi connectivity index (χ3n) is 6.20. The summed E-state index contributed by atoms with van der Waals surface area (Å²) in [5.74, 6) is -0.439. The monoisotopic (exact) mass is 549 g/mol. The van der Waals surface area contributed by atoms with Gasteiger partial charge in [-0.3, -0.25) is 10.6 Å². The van der Waals surface area contributed by atoms with Gasteiger partial charge in [0.25, 0.3) is 6.02 Å². The molecule has 39 heavy (non-hydrogen) atoms. The van der Waals surface area contributed by atoms with Crippen LogP contribution in [0.25, 0.3) is 0 Å². The molecule has 1 fully saturated rings. The summed E-state index contributed by atoms with van der Waals surface area (Å²) in [5, 5.41) is 20.3. The Balaban J connectivity index is 1.45. The predicted octanol–water partition coefficient (Wildman–Crippen LogP) is 2.01. The lowest BCUT2D eigenvalue weighted by Gasteiger charge is -2.30. The van der Waals surface area contributed by atoms with E-state index in [0.29, 0.717) is 43.4 Å². The quantitative estimate of drug-likeness (QED) is 0.319. The number of anilines is 2. The second-order valence-electron chi connectivity index (χ2n) is 8.86. The lowest BCUT2D eigenvalue weighted by atomic mass is 9.99. The fraction of sp³-hybridized carbons (Fsp3) is 0.231. The Labute approximate surface area is 225 Å². The minimum atomic E-state index is -3.54. The number of aromatic nitrogens is 1. The van der Waals surface area contributed by atoms with Crippen LogP contribution in [0.15, 0.2) is 81.7 Å². The molecule has 1 atom stereocenters. The van der Waals surface area contributed by atoms with Gasteiger partial charge in [-0.2, -0.15) is 4.99 Å². The van der Waals surface area contributed by atoms with Gasteiger partial charge in [-0.25, -0.2) is 23.5 Å². The molecule has 0 spiro atoms. The van der Waals surface area contributed by atoms with E-state index in [-0.39, 0.29) is 10.6 Å². The lowest BCUT2D eigenvalue weighted by molar-refractivity contribution is 0.122. The van der Waals surface area contributed by atoms with Gasteiger partial charge >= 0.3 is 0 Å². The third kappa shape index (κ3) is 5.60. The number of hydroxylamine groups is 1. The number of nitrogens with zero attached hydrogens (tertiary/aromatic N) is 5. The first-order valence-electron chi connectivity index (χ1n) is 12.1. The number of sulfone groups is 1. The molecule has 202 valence electrons. The maximum atomic E-state index is 12.1. The normalized spacial score (nSPS) is 17.8. The summed E-state index contributed by atoms with van der Waals surface area (Å²) in [5.41, 5.74) is 9.19. The summed E-state index contributed by atoms with van der Waals surface area (Å²) < 4.78 is 35.2. The summed E-state index contributed by atoms with van der Waals surface area (Å²) in [6.45, 7) is 1.85. The molecule has 5 rings (SSSR count). The zero-order chi connectivity index (χ0) is 27.6. The summed E-state index contributed by atoms with van der Waals surface area (Å²) in [4.78, 5) is 14.9. The molecule has 2 aromatic carbocycles. The number of morpholine rings is 1. The number of nitrogens with one attached hydrogen (secondary N) is 1. The highest BCUT2D eigenvalue weighted by Crippen LogP contribution is 2.30. The number of ether oxygens (including phenoxy) is 2. The van der Waals surface area contributed by atoms with Crippen molar-refractivity contribution >= 4 is 38.8 Å². The van der Waals surface area contributed by atoms with E-state index in [1.54, 1.807) is 12.1 Å². The first-order valence-corrected chi connectivity index (χ1v) is 13.9. The molecule has 1 unspecified atom stereocenters. The van der Waals surface area contributed by atoms with Crippen LogP contribution in [0.2, 0.25) is 0 Å². The lowest BCUT2D eigenvalue weighted by Crippen LogP contribution is -2.38. The summed E-state index contributed by atoms with van der Waals surface area (Å²) in [6, 6.07) is 17.7. The van der Waals surface area contributed by atoms with Crippen molar-refractivity contribution < 1.29 is 23.1 Å². The molecule has 3 aromatic rings. The highest BCUT2D eigenvalue weighted by Gasteiger charge is 2.28. The molecule has 2 aliphatic heterocycles. The maximum Gasteiger partial charge on any atom is 0.292 e. The second kappa shape index (κ2) is 10.8. The standard InChI is InChI=1S/C26H27N7O5S/c1-39(35,36)18-15-21(32-11-13-37-14-12-32)23(29-16-18)24(27)38-25(28)31-26-30-22(17-7-3-2-4-8-17)19-9-5-6-10-20(19)33(26)34/h2-10,15-16,26-27,34H,11-14H2,1H3,(H2,28,31). The number of hydrogen-bond donors (Lipinski definition) is 3. The Morgan fingerprint density at radius 2 is 1.82 bits per heavy atom. The number of rotatable bonds is 5. The van der Waals surface area contributed by atoms with E-state index in [2.05, 4.69) is 15.0 Å². The Morgan fingerprint density at radius 3 is 2.54 bits per heavy atom. The van der Waals surface area contributed by atoms with E-state index in [0.717, 1.165) is 22.4 Å². The molecule has 12 nitrogen and oxygen atoms in total. The third-order valence-corrected chi connectivity index (χ3v) is 7.28. The highest BCUT2D eigenvalue weighted by molar-refractivity contribution is 7.90. The zero-order valence-corrected chi connectivity index (χ0v) is 21.9. The zero-order valence-electron chi connectivity index (χ0n) is 21.1. The van der Waals surface area contributed by atoms with Gasteiger partial charge in [-0.05, 0) is 12.1 Å². The van der Waals surface area contributed by atoms with E-state index in [1.165, 1.54) is 12.3 Å². The van der Waals surface area contributed by atoms with Crippen LogP contribution in [0.1, 0.15) is 16.8 Å². The second-order valence-corrected chi connectivity index (χ2v) is 10.9. The van der Waals surface area contributed by atoms with E-state index < -0.39 is 28.0 Å². The molecular weight excluding hydrogens is 522 g/mol. The first kappa shape index (κ1) is 26.3. The van der Waals surface area contributed by atoms with Crippen molar-refractivity contribution in [3.05, 3.63) is 83.7 Å². The van der Waals surface area contributed by atoms with Crippen LogP contribution in [0.3, 0.4) is 0 Å². The van der Waals surface area contributed by atoms with Gasteiger partial charge in [-0.15, -0.1) is 0 Å². The molecule has 1 aromatic heterocycles. The number of benzene rings is 2. The van der Waals surface area contributed by atoms with Crippen LogP contribution in [0, 0.1) is 5.41 Å². The number of fused-ring (bicyclic) bond motifs is 1. The fourth-order valence-electron chi connectivity index (χ4n) is 4.30. The maximum absolute atomic E-state index is 12.1. The minimum absolute atomic E-state index is 0.0155. The number of hydrogen-bond acceptors (Lipinski definition) is 11. The van der Waals surface area contributed by atoms with Crippen LogP contribution in [0.4, 0.5) is 11.4 Å². The molecular formula is C26H27N7O5S. The van der Waals surface area contributed by atoms with E-state index in [4.69, 9.17) is 20.6 Å². The van der Waals surface area contributed by atoms with Gasteiger partial charge < -0.3 is 20.1 Å². The number of para-hydroxylation sites is 1. The van der Waals surface area contributed by atoms with Crippen molar-refractivity contribution in [1.29, 1.82) is 5.41 Å². The van der Waals surface area contributed by atoms with Crippen molar-refractivity contribution in [3.63, 3.8) is 0 Å². The van der Waals surface area contributed by atoms with Crippen molar-refractivity contribution in [2.75, 3.05) is 42.5 Å². The Bertz CT molecular complexity index is 1550. The molecule has 1 saturated heterocycles. The Morgan fingerprint density at radius 1 is 1.13 bits per heavy atom. The molecule has 13 heteroatoms. The number of nitrogens with two attached hydrogens (primary N) is 1. The molecule has 0 amide bonds. The van der Waals surface area contributed by atoms with Crippen LogP contribution >= 0.6 is 0 Å². The van der Waals surface area contributed by atoms with Crippen molar-refractivity contribution in [2.24, 2.45) is 15.7 Å². The highest BCUT2D eigenvalue weighted by atomic mass is 32.2. The van der Waals surface area contributed by atoms with Gasteiger partial charge in [0.1, 0.15) is 5.69 Å². The van der Waals surface area contributed by atoms with Crippen molar-refractivity contribution in [1.82, 2.24) is 4.98 Å². The molecule has 0 aliphatic carbocycles. The summed E-state index contributed by atoms with van der Waals surface area (Å²) >= 11 is 0. The number of aliphatic imine (C=N–C) groups is 2. The molecule has 2 aliphatic rings. The van der Waals surface area contributed by atoms with Gasteiger partial charge in [0, 0.05) is 36.7 Å². The minimum Gasteiger partial charge on any atom is -0.405 e. The van der Waals surface area contributed by atoms with Crippen molar-refractivity contribution in [3.8, 4) is 0 Å². The summed E-state index contributed by atoms with van der Waals surface area (Å²) in [7, 11) is -3.54. The van der Waals surface area contributed by atoms with Crippen LogP contribution in [-0.2, 0) is 19.3 Å². The predicted molar refractivity (Wildman–Crippen MR) is 146 cm³/mol. The van der Waals surface area contributed by atoms with Gasteiger partial charge in [0.15, 0.2) is 9.84 Å². The van der Waals surface area contributed by atoms with E-state index in [9.17, 15) is 13.6 Å². The molecule has 0 saturated carbocycles. The Kier molecular flexibility index (Phi) is 7.28. The SMILES string of the molecule is CS(=O)(=O)c1cnc(C(=N)OC(N)=NC2N=C(c3ccccc3)c3ccccc3N2O)c(N2CCOCC2)c1. The largest absolute Gasteiger partial charge is 0.405 e. The topological polar surface area (TPSA) is 167 Å². The van der Waals surface area contributed by atoms with Crippen LogP contribution in [0.5, 0.6) is 0 Å². The van der Waals surface area contributed by atoms with Crippen molar-refractivity contribution in [2.45, 2.75) is 11.2 Å². The van der Waals surface area contributed by atoms with E-state index >= 15 is 0 Å². The van der Waals surface area contributed by atoms with E-state index in [1.807, 2.05) is 47.4 Å². The fourth-order valence-corrected chi connectivity index (χ4v) is 4.87. The van der Waals surface area contributed by atoms with Crippen LogP contribution < -0.4 is 15.7 Å². The molecule has 4 N–H and O–H groups in total. The molecule has 0 bridgehead atoms. The number of amidine groups is 1. The number of pyridine rings is 1. The van der Waals surface area contributed by atoms with Gasteiger partial charge in [0.2, 0.25) is 12.2 Å². The smallest absolute Gasteiger partial charge is 0.292 e. The average Bonchev–Trinajstić information content (AvgIpc) is 2.94. The first-order chi connectivity index (χ1) is 18.7. The Hall–Kier alpha value is -4.33. The average molecular weight is 550 g/mol.